The highest BCUT2D eigenvalue weighted by atomic mass is 31.2. The number of carbonyl (C=O) groups is 10. The van der Waals surface area contributed by atoms with Gasteiger partial charge in [0.2, 0.25) is 35.4 Å². The van der Waals surface area contributed by atoms with Crippen molar-refractivity contribution < 1.29 is 141 Å². The lowest BCUT2D eigenvalue weighted by Gasteiger charge is -2.42. The molecule has 3 rings (SSSR count). The summed E-state index contributed by atoms with van der Waals surface area (Å²) in [4.78, 5) is 139. The van der Waals surface area contributed by atoms with Gasteiger partial charge in [-0.1, -0.05) is 38.5 Å². The number of nitrogens with one attached hydrogen (secondary N) is 5. The number of nitrogens with zero attached hydrogens (tertiary/aromatic N) is 2. The third-order valence-electron chi connectivity index (χ3n) is 19.1. The van der Waals surface area contributed by atoms with Gasteiger partial charge >= 0.3 is 7.60 Å². The monoisotopic (exact) mass is 1600 g/mol. The van der Waals surface area contributed by atoms with E-state index < -0.39 is 156 Å². The van der Waals surface area contributed by atoms with Gasteiger partial charge in [0, 0.05) is 144 Å². The van der Waals surface area contributed by atoms with Gasteiger partial charge in [-0.2, -0.15) is 0 Å². The average Bonchev–Trinajstić information content (AvgIpc) is 0.820. The summed E-state index contributed by atoms with van der Waals surface area (Å²) in [6.07, 6.45) is -3.11. The zero-order valence-corrected chi connectivity index (χ0v) is 65.6. The summed E-state index contributed by atoms with van der Waals surface area (Å²) in [5, 5.41) is 115. The van der Waals surface area contributed by atoms with Gasteiger partial charge in [-0.3, -0.25) is 52.5 Å². The number of ketones is 3. The van der Waals surface area contributed by atoms with Crippen molar-refractivity contribution in [1.82, 2.24) is 36.4 Å². The first-order valence-corrected chi connectivity index (χ1v) is 41.2. The Kier molecular flexibility index (Phi) is 50.5. The van der Waals surface area contributed by atoms with Crippen molar-refractivity contribution in [3.63, 3.8) is 0 Å². The normalized spacial score (nSPS) is 24.8. The number of aliphatic hydroxyl groups is 10. The minimum atomic E-state index is -4.08. The zero-order chi connectivity index (χ0) is 81.6. The highest BCUT2D eigenvalue weighted by molar-refractivity contribution is 7.51. The standard InChI is InChI=1S/C73H130N7O29P/c1-48(84)76-61-67(97)64(94)55(44-81)107-71(61)103-41-20-17-29-51(87)26-11-5-8-14-32-58(91)74-35-23-37-79(60(93)34-16-10-7-13-28-53(89)31-19-22-43-105-73-63(78-50(3)86)69(99)66(96)57(46-83)109-73)39-25-40-80(70(100)54(90)47-106-110(4,101)102)38-24-36-75-59(92)33-15-9-6-12-27-52(88)30-18-21-42-104-72-62(77-49(2)85)68(98)65(95)56(45-82)108-72/h54-57,61-69,71-73,81-83,90,94-99H,5-47H2,1-4H3,(H,74,91)(H,75,92)(H,76,84)(H,77,85)(H,78,86)(H,101,102)/t54?,55?,56?,57?,61?,62?,63?,64-,65-,66-,67+,68+,69+,71+,72+,73+/m0/s1. The van der Waals surface area contributed by atoms with Crippen molar-refractivity contribution in [1.29, 1.82) is 0 Å². The lowest BCUT2D eigenvalue weighted by molar-refractivity contribution is -0.270. The molecule has 3 aliphatic heterocycles. The van der Waals surface area contributed by atoms with E-state index in [0.29, 0.717) is 148 Å². The van der Waals surface area contributed by atoms with Gasteiger partial charge in [-0.25, -0.2) is 0 Å². The van der Waals surface area contributed by atoms with Crippen LogP contribution < -0.4 is 26.6 Å². The Morgan fingerprint density at radius 2 is 0.691 bits per heavy atom. The Morgan fingerprint density at radius 3 is 1.01 bits per heavy atom. The van der Waals surface area contributed by atoms with Crippen LogP contribution in [-0.4, -0.2) is 315 Å². The molecule has 110 heavy (non-hydrogen) atoms. The van der Waals surface area contributed by atoms with Crippen LogP contribution in [0.5, 0.6) is 0 Å². The summed E-state index contributed by atoms with van der Waals surface area (Å²) in [5.74, 6) is -2.64. The summed E-state index contributed by atoms with van der Waals surface area (Å²) in [6.45, 7) is 3.47. The molecule has 0 aliphatic carbocycles. The maximum Gasteiger partial charge on any atom is 0.325 e. The average molecular weight is 1600 g/mol. The number of ether oxygens (including phenoxy) is 6. The largest absolute Gasteiger partial charge is 0.394 e. The fraction of sp³-hybridized carbons (Fsp3) is 0.863. The van der Waals surface area contributed by atoms with E-state index in [1.165, 1.54) is 25.7 Å². The number of Topliss-reactive ketones (excluding diaryl/α,β-unsaturated/α-hetero) is 3. The minimum absolute atomic E-state index is 0.0389. The van der Waals surface area contributed by atoms with Crippen LogP contribution in [0.1, 0.15) is 213 Å². The minimum Gasteiger partial charge on any atom is -0.394 e. The Balaban J connectivity index is 1.46. The highest BCUT2D eigenvalue weighted by Crippen LogP contribution is 2.36. The Labute approximate surface area is 645 Å². The summed E-state index contributed by atoms with van der Waals surface area (Å²) in [6, 6.07) is -3.20. The van der Waals surface area contributed by atoms with Gasteiger partial charge in [0.15, 0.2) is 25.0 Å². The molecule has 3 fully saturated rings. The fourth-order valence-corrected chi connectivity index (χ4v) is 13.3. The lowest BCUT2D eigenvalue weighted by Crippen LogP contribution is -2.64. The van der Waals surface area contributed by atoms with Crippen molar-refractivity contribution >= 4 is 66.3 Å². The molecule has 0 aromatic carbocycles. The molecule has 3 heterocycles. The molecule has 3 aliphatic rings. The number of rotatable bonds is 61. The molecule has 0 radical (unpaired) electrons. The van der Waals surface area contributed by atoms with Crippen molar-refractivity contribution in [2.24, 2.45) is 0 Å². The maximum absolute atomic E-state index is 13.9. The smallest absolute Gasteiger partial charge is 0.325 e. The molecular weight excluding hydrogens is 1470 g/mol. The quantitative estimate of drug-likeness (QED) is 0.0266. The predicted octanol–water partition coefficient (Wildman–Crippen LogP) is -0.640. The number of hydrogen-bond donors (Lipinski definition) is 16. The summed E-state index contributed by atoms with van der Waals surface area (Å²) in [5.41, 5.74) is 0. The van der Waals surface area contributed by atoms with E-state index in [1.807, 2.05) is 0 Å². The second kappa shape index (κ2) is 56.1. The molecule has 8 unspecified atom stereocenters. The van der Waals surface area contributed by atoms with E-state index in [9.17, 15) is 108 Å². The second-order valence-electron chi connectivity index (χ2n) is 28.7. The Morgan fingerprint density at radius 1 is 0.400 bits per heavy atom. The first-order chi connectivity index (χ1) is 52.4. The predicted molar refractivity (Wildman–Crippen MR) is 394 cm³/mol. The lowest BCUT2D eigenvalue weighted by atomic mass is 9.97. The van der Waals surface area contributed by atoms with E-state index in [0.717, 1.165) is 13.1 Å². The first-order valence-electron chi connectivity index (χ1n) is 39.2. The number of aliphatic hydroxyl groups excluding tert-OH is 10. The van der Waals surface area contributed by atoms with Crippen LogP contribution in [0.2, 0.25) is 0 Å². The van der Waals surface area contributed by atoms with Gasteiger partial charge in [0.1, 0.15) is 90.4 Å². The van der Waals surface area contributed by atoms with E-state index in [4.69, 9.17) is 32.9 Å². The van der Waals surface area contributed by atoms with Crippen LogP contribution in [0.3, 0.4) is 0 Å². The highest BCUT2D eigenvalue weighted by Gasteiger charge is 2.48. The van der Waals surface area contributed by atoms with Gasteiger partial charge in [-0.15, -0.1) is 0 Å². The number of amides is 7. The summed E-state index contributed by atoms with van der Waals surface area (Å²) in [7, 11) is -4.08. The molecule has 16 N–H and O–H groups in total. The summed E-state index contributed by atoms with van der Waals surface area (Å²) < 4.78 is 50.7. The van der Waals surface area contributed by atoms with Crippen LogP contribution in [0.25, 0.3) is 0 Å². The first kappa shape index (κ1) is 99.0. The fourth-order valence-electron chi connectivity index (χ4n) is 12.9. The second-order valence-corrected chi connectivity index (χ2v) is 30.6. The molecule has 0 aromatic rings. The third-order valence-corrected chi connectivity index (χ3v) is 19.7. The van der Waals surface area contributed by atoms with E-state index in [2.05, 4.69) is 26.6 Å². The van der Waals surface area contributed by atoms with Crippen molar-refractivity contribution in [3.8, 4) is 0 Å². The zero-order valence-electron chi connectivity index (χ0n) is 64.8. The molecule has 0 saturated carbocycles. The van der Waals surface area contributed by atoms with E-state index >= 15 is 0 Å². The molecule has 636 valence electrons. The molecule has 0 aromatic heterocycles. The third kappa shape index (κ3) is 40.7. The van der Waals surface area contributed by atoms with E-state index in [-0.39, 0.29) is 133 Å². The van der Waals surface area contributed by atoms with Crippen LogP contribution in [0.15, 0.2) is 0 Å². The van der Waals surface area contributed by atoms with Gasteiger partial charge < -0.3 is 125 Å². The Hall–Kier alpha value is -5.19. The molecule has 0 bridgehead atoms. The molecule has 37 heteroatoms. The molecule has 17 atom stereocenters. The van der Waals surface area contributed by atoms with Gasteiger partial charge in [0.05, 0.1) is 26.4 Å². The number of carbonyl (C=O) groups excluding carboxylic acids is 10. The molecule has 0 spiro atoms. The van der Waals surface area contributed by atoms with Crippen LogP contribution in [0.4, 0.5) is 0 Å². The number of unbranched alkanes of at least 4 members (excludes halogenated alkanes) is 12. The SMILES string of the molecule is CC(=O)NC1[C@H](OCCCCC(=O)CCCCCCC(=O)NCCCN(CCCN(CCCNC(=O)CCCCCCC(=O)CCCCO[C@@H]2OC(CO)[C@H](O)[C@H](O)C2NC(C)=O)C(=O)C(O)COP(C)(=O)O)C(=O)CCCCCCC(=O)CCCCO[C@@H]2OC(CO)[C@H](O)[C@H](O)C2NC(C)=O)OC(CO)[C@H](O)[C@@H]1O. The van der Waals surface area contributed by atoms with Crippen molar-refractivity contribution in [2.45, 2.75) is 311 Å². The number of hydrogen-bond acceptors (Lipinski definition) is 28. The molecule has 3 saturated heterocycles. The van der Waals surface area contributed by atoms with Crippen LogP contribution >= 0.6 is 7.60 Å². The molecular formula is C73H130N7O29P. The maximum atomic E-state index is 13.9. The van der Waals surface area contributed by atoms with Crippen LogP contribution in [0, 0.1) is 0 Å². The van der Waals surface area contributed by atoms with Crippen molar-refractivity contribution in [2.75, 3.05) is 92.2 Å². The summed E-state index contributed by atoms with van der Waals surface area (Å²) >= 11 is 0. The van der Waals surface area contributed by atoms with Crippen molar-refractivity contribution in [3.05, 3.63) is 0 Å². The van der Waals surface area contributed by atoms with Gasteiger partial charge in [-0.05, 0) is 96.3 Å². The van der Waals surface area contributed by atoms with Gasteiger partial charge in [0.25, 0.3) is 5.91 Å². The Bertz CT molecular complexity index is 2760. The van der Waals surface area contributed by atoms with Crippen LogP contribution in [-0.2, 0) is 85.5 Å². The molecule has 36 nitrogen and oxygen atoms in total. The topological polar surface area (TPSA) is 542 Å². The molecule has 7 amide bonds. The van der Waals surface area contributed by atoms with E-state index in [1.54, 1.807) is 4.90 Å².